The molecular formula is C13H20BrFN2. The van der Waals surface area contributed by atoms with Gasteiger partial charge in [-0.25, -0.2) is 4.39 Å². The smallest absolute Gasteiger partial charge is 0.126 e. The second kappa shape index (κ2) is 7.80. The van der Waals surface area contributed by atoms with E-state index in [1.165, 1.54) is 6.07 Å². The van der Waals surface area contributed by atoms with Crippen molar-refractivity contribution in [3.63, 3.8) is 0 Å². The lowest BCUT2D eigenvalue weighted by Crippen LogP contribution is -2.32. The molecule has 0 bridgehead atoms. The molecule has 17 heavy (non-hydrogen) atoms. The highest BCUT2D eigenvalue weighted by Crippen LogP contribution is 2.15. The maximum Gasteiger partial charge on any atom is 0.126 e. The van der Waals surface area contributed by atoms with E-state index in [1.54, 1.807) is 6.07 Å². The lowest BCUT2D eigenvalue weighted by Gasteiger charge is -2.09. The predicted molar refractivity (Wildman–Crippen MR) is 73.8 cm³/mol. The molecule has 0 atom stereocenters. The molecule has 0 aliphatic carbocycles. The van der Waals surface area contributed by atoms with Crippen LogP contribution < -0.4 is 10.6 Å². The van der Waals surface area contributed by atoms with Gasteiger partial charge in [-0.2, -0.15) is 0 Å². The monoisotopic (exact) mass is 302 g/mol. The Bertz CT molecular complexity index is 342. The highest BCUT2D eigenvalue weighted by atomic mass is 79.9. The average molecular weight is 303 g/mol. The molecule has 0 unspecified atom stereocenters. The molecule has 0 saturated carbocycles. The van der Waals surface area contributed by atoms with Crippen LogP contribution in [0.5, 0.6) is 0 Å². The Labute approximate surface area is 111 Å². The Morgan fingerprint density at radius 1 is 1.24 bits per heavy atom. The van der Waals surface area contributed by atoms with Crippen molar-refractivity contribution >= 4 is 15.9 Å². The summed E-state index contributed by atoms with van der Waals surface area (Å²) in [7, 11) is 0. The highest BCUT2D eigenvalue weighted by molar-refractivity contribution is 9.10. The van der Waals surface area contributed by atoms with Crippen molar-refractivity contribution in [2.75, 3.05) is 19.6 Å². The Hall–Kier alpha value is -0.450. The van der Waals surface area contributed by atoms with E-state index in [-0.39, 0.29) is 5.82 Å². The van der Waals surface area contributed by atoms with Crippen molar-refractivity contribution in [2.24, 2.45) is 0 Å². The SMILES string of the molecule is CC(C)NCCNCCc1cc(Br)ccc1F. The molecule has 0 radical (unpaired) electrons. The third-order valence-electron chi connectivity index (χ3n) is 2.43. The molecule has 2 N–H and O–H groups in total. The molecular weight excluding hydrogens is 283 g/mol. The van der Waals surface area contributed by atoms with Gasteiger partial charge in [0.15, 0.2) is 0 Å². The Morgan fingerprint density at radius 3 is 2.71 bits per heavy atom. The van der Waals surface area contributed by atoms with Crippen LogP contribution in [0.2, 0.25) is 0 Å². The third kappa shape index (κ3) is 6.15. The molecule has 0 aromatic heterocycles. The molecule has 0 heterocycles. The summed E-state index contributed by atoms with van der Waals surface area (Å²) in [5.74, 6) is -0.129. The van der Waals surface area contributed by atoms with Crippen LogP contribution in [0.4, 0.5) is 4.39 Å². The first-order valence-electron chi connectivity index (χ1n) is 5.97. The summed E-state index contributed by atoms with van der Waals surface area (Å²) in [6.45, 7) is 6.90. The largest absolute Gasteiger partial charge is 0.315 e. The normalized spacial score (nSPS) is 11.1. The number of halogens is 2. The van der Waals surface area contributed by atoms with E-state index in [0.29, 0.717) is 12.5 Å². The summed E-state index contributed by atoms with van der Waals surface area (Å²) in [4.78, 5) is 0. The van der Waals surface area contributed by atoms with E-state index in [2.05, 4.69) is 40.4 Å². The summed E-state index contributed by atoms with van der Waals surface area (Å²) in [6, 6.07) is 5.57. The summed E-state index contributed by atoms with van der Waals surface area (Å²) in [5, 5.41) is 6.61. The molecule has 1 aromatic carbocycles. The van der Waals surface area contributed by atoms with E-state index >= 15 is 0 Å². The first-order valence-corrected chi connectivity index (χ1v) is 6.77. The lowest BCUT2D eigenvalue weighted by molar-refractivity contribution is 0.551. The van der Waals surface area contributed by atoms with E-state index in [0.717, 1.165) is 29.7 Å². The maximum absolute atomic E-state index is 13.4. The summed E-state index contributed by atoms with van der Waals surface area (Å²) in [5.41, 5.74) is 0.753. The van der Waals surface area contributed by atoms with Crippen LogP contribution in [0.1, 0.15) is 19.4 Å². The van der Waals surface area contributed by atoms with Gasteiger partial charge in [0, 0.05) is 23.6 Å². The lowest BCUT2D eigenvalue weighted by atomic mass is 10.1. The molecule has 0 saturated heterocycles. The molecule has 96 valence electrons. The zero-order valence-corrected chi connectivity index (χ0v) is 12.0. The van der Waals surface area contributed by atoms with Gasteiger partial charge in [-0.15, -0.1) is 0 Å². The fourth-order valence-corrected chi connectivity index (χ4v) is 1.94. The number of nitrogens with one attached hydrogen (secondary N) is 2. The maximum atomic E-state index is 13.4. The van der Waals surface area contributed by atoms with Crippen LogP contribution in [0.25, 0.3) is 0 Å². The third-order valence-corrected chi connectivity index (χ3v) is 2.93. The minimum atomic E-state index is -0.129. The standard InChI is InChI=1S/C13H20BrFN2/c1-10(2)17-8-7-16-6-5-11-9-12(14)3-4-13(11)15/h3-4,9-10,16-17H,5-8H2,1-2H3. The highest BCUT2D eigenvalue weighted by Gasteiger charge is 2.02. The number of hydrogen-bond acceptors (Lipinski definition) is 2. The molecule has 0 fully saturated rings. The van der Waals surface area contributed by atoms with E-state index < -0.39 is 0 Å². The van der Waals surface area contributed by atoms with Gasteiger partial charge in [0.05, 0.1) is 0 Å². The van der Waals surface area contributed by atoms with E-state index in [9.17, 15) is 4.39 Å². The van der Waals surface area contributed by atoms with Crippen molar-refractivity contribution in [3.8, 4) is 0 Å². The molecule has 1 rings (SSSR count). The zero-order chi connectivity index (χ0) is 12.7. The van der Waals surface area contributed by atoms with Crippen molar-refractivity contribution < 1.29 is 4.39 Å². The van der Waals surface area contributed by atoms with Gasteiger partial charge in [-0.05, 0) is 36.7 Å². The molecule has 0 aliphatic heterocycles. The average Bonchev–Trinajstić information content (AvgIpc) is 2.27. The van der Waals surface area contributed by atoms with Crippen LogP contribution >= 0.6 is 15.9 Å². The van der Waals surface area contributed by atoms with Gasteiger partial charge >= 0.3 is 0 Å². The van der Waals surface area contributed by atoms with Crippen molar-refractivity contribution in [1.82, 2.24) is 10.6 Å². The Morgan fingerprint density at radius 2 is 2.00 bits per heavy atom. The molecule has 0 aliphatic rings. The van der Waals surface area contributed by atoms with Crippen LogP contribution in [-0.2, 0) is 6.42 Å². The minimum Gasteiger partial charge on any atom is -0.315 e. The van der Waals surface area contributed by atoms with Crippen LogP contribution in [0.15, 0.2) is 22.7 Å². The first-order chi connectivity index (χ1) is 8.09. The van der Waals surface area contributed by atoms with Gasteiger partial charge in [-0.1, -0.05) is 29.8 Å². The van der Waals surface area contributed by atoms with Gasteiger partial charge < -0.3 is 10.6 Å². The predicted octanol–water partition coefficient (Wildman–Crippen LogP) is 2.72. The first kappa shape index (κ1) is 14.6. The summed E-state index contributed by atoms with van der Waals surface area (Å²) >= 11 is 3.35. The zero-order valence-electron chi connectivity index (χ0n) is 10.4. The topological polar surface area (TPSA) is 24.1 Å². The number of hydrogen-bond donors (Lipinski definition) is 2. The van der Waals surface area contributed by atoms with Crippen LogP contribution in [0, 0.1) is 5.82 Å². The fourth-order valence-electron chi connectivity index (χ4n) is 1.53. The van der Waals surface area contributed by atoms with Crippen LogP contribution in [-0.4, -0.2) is 25.7 Å². The Kier molecular flexibility index (Phi) is 6.70. The second-order valence-electron chi connectivity index (χ2n) is 4.34. The Balaban J connectivity index is 2.20. The summed E-state index contributed by atoms with van der Waals surface area (Å²) < 4.78 is 14.3. The molecule has 1 aromatic rings. The van der Waals surface area contributed by atoms with E-state index in [1.807, 2.05) is 6.07 Å². The van der Waals surface area contributed by atoms with Gasteiger partial charge in [0.2, 0.25) is 0 Å². The van der Waals surface area contributed by atoms with Crippen molar-refractivity contribution in [3.05, 3.63) is 34.1 Å². The van der Waals surface area contributed by atoms with Crippen LogP contribution in [0.3, 0.4) is 0 Å². The minimum absolute atomic E-state index is 0.129. The quantitative estimate of drug-likeness (QED) is 0.757. The molecule has 4 heteroatoms. The number of rotatable bonds is 7. The van der Waals surface area contributed by atoms with Gasteiger partial charge in [0.1, 0.15) is 5.82 Å². The molecule has 2 nitrogen and oxygen atoms in total. The molecule has 0 amide bonds. The van der Waals surface area contributed by atoms with Crippen molar-refractivity contribution in [2.45, 2.75) is 26.3 Å². The summed E-state index contributed by atoms with van der Waals surface area (Å²) in [6.07, 6.45) is 0.715. The number of benzene rings is 1. The van der Waals surface area contributed by atoms with Crippen molar-refractivity contribution in [1.29, 1.82) is 0 Å². The van der Waals surface area contributed by atoms with E-state index in [4.69, 9.17) is 0 Å². The second-order valence-corrected chi connectivity index (χ2v) is 5.26. The van der Waals surface area contributed by atoms with Gasteiger partial charge in [-0.3, -0.25) is 0 Å². The fraction of sp³-hybridized carbons (Fsp3) is 0.538. The molecule has 0 spiro atoms. The van der Waals surface area contributed by atoms with Gasteiger partial charge in [0.25, 0.3) is 0 Å².